The van der Waals surface area contributed by atoms with Crippen molar-refractivity contribution in [1.82, 2.24) is 0 Å². The number of imide groups is 1. The van der Waals surface area contributed by atoms with Gasteiger partial charge >= 0.3 is 0 Å². The molecule has 0 N–H and O–H groups in total. The van der Waals surface area contributed by atoms with E-state index in [1.165, 1.54) is 11.3 Å². The summed E-state index contributed by atoms with van der Waals surface area (Å²) >= 11 is 0. The summed E-state index contributed by atoms with van der Waals surface area (Å²) in [6.45, 7) is 0. The highest BCUT2D eigenvalue weighted by Gasteiger charge is 2.67. The summed E-state index contributed by atoms with van der Waals surface area (Å²) in [5.74, 6) is 1.63. The minimum Gasteiger partial charge on any atom is -0.274 e. The lowest BCUT2D eigenvalue weighted by Crippen LogP contribution is -2.40. The minimum absolute atomic E-state index is 0.0195. The molecule has 3 fully saturated rings. The number of hydrogen-bond donors (Lipinski definition) is 0. The number of amides is 2. The van der Waals surface area contributed by atoms with E-state index in [2.05, 4.69) is 12.2 Å². The van der Waals surface area contributed by atoms with Gasteiger partial charge in [0, 0.05) is 5.39 Å². The highest BCUT2D eigenvalue weighted by molar-refractivity contribution is 6.25. The van der Waals surface area contributed by atoms with E-state index < -0.39 is 0 Å². The molecule has 3 heteroatoms. The van der Waals surface area contributed by atoms with Gasteiger partial charge in [0.05, 0.1) is 17.5 Å². The first-order valence-corrected chi connectivity index (χ1v) is 8.79. The Balaban J connectivity index is 1.52. The molecule has 1 aliphatic heterocycles. The Morgan fingerprint density at radius 2 is 1.42 bits per heavy atom. The molecule has 0 aromatic heterocycles. The molecule has 2 aromatic carbocycles. The van der Waals surface area contributed by atoms with E-state index in [-0.39, 0.29) is 35.5 Å². The summed E-state index contributed by atoms with van der Waals surface area (Å²) in [5, 5.41) is 2.04. The van der Waals surface area contributed by atoms with Crippen molar-refractivity contribution < 1.29 is 9.59 Å². The Bertz CT molecular complexity index is 905. The number of benzene rings is 2. The number of carbonyl (C=O) groups excluding carboxylic acids is 2. The molecular weight excluding hydrogens is 298 g/mol. The first-order valence-electron chi connectivity index (χ1n) is 8.79. The number of hydrogen-bond acceptors (Lipinski definition) is 2. The average molecular weight is 315 g/mol. The molecule has 0 radical (unpaired) electrons. The van der Waals surface area contributed by atoms with Crippen LogP contribution in [0, 0.1) is 35.5 Å². The van der Waals surface area contributed by atoms with Crippen molar-refractivity contribution in [3.05, 3.63) is 54.6 Å². The molecule has 2 bridgehead atoms. The summed E-state index contributed by atoms with van der Waals surface area (Å²) in [4.78, 5) is 27.9. The SMILES string of the molecule is O=C1[C@@H]2[C@H]3C=C[C@@H]([C@@H]4C[C@H]34)[C@H]2C(=O)N1c1cccc2ccccc12. The van der Waals surface area contributed by atoms with E-state index in [4.69, 9.17) is 0 Å². The van der Waals surface area contributed by atoms with Crippen molar-refractivity contribution in [2.45, 2.75) is 6.42 Å². The summed E-state index contributed by atoms with van der Waals surface area (Å²) in [7, 11) is 0. The molecule has 0 unspecified atom stereocenters. The van der Waals surface area contributed by atoms with Crippen molar-refractivity contribution in [3.8, 4) is 0 Å². The maximum atomic E-state index is 13.2. The maximum absolute atomic E-state index is 13.2. The van der Waals surface area contributed by atoms with Crippen LogP contribution in [0.3, 0.4) is 0 Å². The van der Waals surface area contributed by atoms with Crippen molar-refractivity contribution in [3.63, 3.8) is 0 Å². The van der Waals surface area contributed by atoms with Gasteiger partial charge in [0.15, 0.2) is 0 Å². The normalized spacial score (nSPS) is 38.6. The van der Waals surface area contributed by atoms with Crippen molar-refractivity contribution in [1.29, 1.82) is 0 Å². The van der Waals surface area contributed by atoms with E-state index in [1.807, 2.05) is 42.5 Å². The van der Waals surface area contributed by atoms with E-state index in [1.54, 1.807) is 0 Å². The standard InChI is InChI=1S/C21H17NO2/c23-20-18-13-8-9-14(16-10-15(13)16)19(18)21(24)22(20)17-7-3-5-11-4-1-2-6-12(11)17/h1-9,13-16,18-19H,10H2/t13-,14-,15-,16+,18+,19+/m0/s1. The van der Waals surface area contributed by atoms with Crippen molar-refractivity contribution in [2.24, 2.45) is 35.5 Å². The van der Waals surface area contributed by atoms with Gasteiger partial charge in [-0.3, -0.25) is 9.59 Å². The van der Waals surface area contributed by atoms with Gasteiger partial charge in [0.2, 0.25) is 11.8 Å². The second-order valence-corrected chi connectivity index (χ2v) is 7.66. The Labute approximate surface area is 139 Å². The number of nitrogens with zero attached hydrogens (tertiary/aromatic N) is 1. The van der Waals surface area contributed by atoms with Crippen molar-refractivity contribution in [2.75, 3.05) is 4.90 Å². The summed E-state index contributed by atoms with van der Waals surface area (Å²) in [6, 6.07) is 13.8. The molecule has 2 saturated carbocycles. The zero-order valence-corrected chi connectivity index (χ0v) is 13.1. The molecule has 118 valence electrons. The zero-order chi connectivity index (χ0) is 16.0. The van der Waals surface area contributed by atoms with Gasteiger partial charge in [-0.1, -0.05) is 48.6 Å². The van der Waals surface area contributed by atoms with Crippen LogP contribution in [0.2, 0.25) is 0 Å². The third kappa shape index (κ3) is 1.40. The quantitative estimate of drug-likeness (QED) is 0.597. The van der Waals surface area contributed by atoms with Gasteiger partial charge in [-0.15, -0.1) is 0 Å². The molecule has 5 aliphatic rings. The monoisotopic (exact) mass is 315 g/mol. The van der Waals surface area contributed by atoms with Gasteiger partial charge in [0.1, 0.15) is 0 Å². The topological polar surface area (TPSA) is 37.4 Å². The number of rotatable bonds is 1. The van der Waals surface area contributed by atoms with Crippen LogP contribution < -0.4 is 4.90 Å². The predicted molar refractivity (Wildman–Crippen MR) is 91.1 cm³/mol. The Morgan fingerprint density at radius 1 is 0.792 bits per heavy atom. The van der Waals surface area contributed by atoms with Crippen molar-refractivity contribution >= 4 is 28.3 Å². The van der Waals surface area contributed by atoms with E-state index in [9.17, 15) is 9.59 Å². The highest BCUT2D eigenvalue weighted by atomic mass is 16.2. The predicted octanol–water partition coefficient (Wildman–Crippen LogP) is 3.40. The lowest BCUT2D eigenvalue weighted by atomic mass is 9.63. The van der Waals surface area contributed by atoms with Gasteiger partial charge in [-0.2, -0.15) is 0 Å². The number of allylic oxidation sites excluding steroid dienone is 2. The molecule has 1 heterocycles. The molecule has 6 atom stereocenters. The number of anilines is 1. The molecule has 1 saturated heterocycles. The van der Waals surface area contributed by atoms with Gasteiger partial charge in [-0.05, 0) is 41.5 Å². The lowest BCUT2D eigenvalue weighted by molar-refractivity contribution is -0.124. The molecule has 2 amide bonds. The third-order valence-electron chi connectivity index (χ3n) is 6.67. The fourth-order valence-corrected chi connectivity index (χ4v) is 5.60. The summed E-state index contributed by atoms with van der Waals surface area (Å²) in [5.41, 5.74) is 0.755. The third-order valence-corrected chi connectivity index (χ3v) is 6.67. The fourth-order valence-electron chi connectivity index (χ4n) is 5.60. The molecule has 2 aromatic rings. The van der Waals surface area contributed by atoms with E-state index in [0.717, 1.165) is 16.5 Å². The Hall–Kier alpha value is -2.42. The first-order chi connectivity index (χ1) is 11.8. The molecule has 3 nitrogen and oxygen atoms in total. The zero-order valence-electron chi connectivity index (χ0n) is 13.1. The minimum atomic E-state index is -0.129. The van der Waals surface area contributed by atoms with Crippen LogP contribution in [-0.4, -0.2) is 11.8 Å². The second kappa shape index (κ2) is 4.15. The maximum Gasteiger partial charge on any atom is 0.238 e. The largest absolute Gasteiger partial charge is 0.274 e. The highest BCUT2D eigenvalue weighted by Crippen LogP contribution is 2.65. The molecule has 24 heavy (non-hydrogen) atoms. The van der Waals surface area contributed by atoms with E-state index >= 15 is 0 Å². The van der Waals surface area contributed by atoms with Gasteiger partial charge < -0.3 is 0 Å². The second-order valence-electron chi connectivity index (χ2n) is 7.66. The van der Waals surface area contributed by atoms with Crippen LogP contribution in [0.5, 0.6) is 0 Å². The Morgan fingerprint density at radius 3 is 2.12 bits per heavy atom. The summed E-state index contributed by atoms with van der Waals surface area (Å²) < 4.78 is 0. The summed E-state index contributed by atoms with van der Waals surface area (Å²) in [6.07, 6.45) is 5.64. The number of carbonyl (C=O) groups is 2. The number of fused-ring (bicyclic) bond motifs is 1. The molecular formula is C21H17NO2. The van der Waals surface area contributed by atoms with Crippen LogP contribution in [-0.2, 0) is 9.59 Å². The van der Waals surface area contributed by atoms with Gasteiger partial charge in [0.25, 0.3) is 0 Å². The lowest BCUT2D eigenvalue weighted by Gasteiger charge is -2.37. The smallest absolute Gasteiger partial charge is 0.238 e. The average Bonchev–Trinajstić information content (AvgIpc) is 3.39. The first kappa shape index (κ1) is 12.9. The molecule has 4 aliphatic carbocycles. The molecule has 7 rings (SSSR count). The molecule has 0 spiro atoms. The van der Waals surface area contributed by atoms with Crippen LogP contribution >= 0.6 is 0 Å². The van der Waals surface area contributed by atoms with Crippen LogP contribution in [0.25, 0.3) is 10.8 Å². The van der Waals surface area contributed by atoms with Crippen LogP contribution in [0.15, 0.2) is 54.6 Å². The van der Waals surface area contributed by atoms with Crippen LogP contribution in [0.4, 0.5) is 5.69 Å². The van der Waals surface area contributed by atoms with Gasteiger partial charge in [-0.25, -0.2) is 4.90 Å². The van der Waals surface area contributed by atoms with Crippen LogP contribution in [0.1, 0.15) is 6.42 Å². The fraction of sp³-hybridized carbons (Fsp3) is 0.333. The van der Waals surface area contributed by atoms with E-state index in [0.29, 0.717) is 11.8 Å². The Kier molecular flexibility index (Phi) is 2.24.